The number of nitrogens with zero attached hydrogens (tertiary/aromatic N) is 4. The summed E-state index contributed by atoms with van der Waals surface area (Å²) in [6, 6.07) is 14.8. The summed E-state index contributed by atoms with van der Waals surface area (Å²) in [7, 11) is -3.61. The fourth-order valence-electron chi connectivity index (χ4n) is 3.45. The SMILES string of the molecule is CC1CN(c2cc(Oc3ccccc3Cl)ncn2)CCN1S(=O)(=O)c1ccc(Cl)cc1. The van der Waals surface area contributed by atoms with Crippen molar-refractivity contribution in [3.8, 4) is 11.6 Å². The predicted molar refractivity (Wildman–Crippen MR) is 121 cm³/mol. The highest BCUT2D eigenvalue weighted by molar-refractivity contribution is 7.89. The maximum absolute atomic E-state index is 13.0. The van der Waals surface area contributed by atoms with Crippen molar-refractivity contribution in [1.82, 2.24) is 14.3 Å². The number of anilines is 1. The van der Waals surface area contributed by atoms with Crippen molar-refractivity contribution >= 4 is 39.0 Å². The largest absolute Gasteiger partial charge is 0.437 e. The number of para-hydroxylation sites is 1. The van der Waals surface area contributed by atoms with Crippen LogP contribution in [0.5, 0.6) is 11.6 Å². The van der Waals surface area contributed by atoms with Crippen LogP contribution in [0.4, 0.5) is 5.82 Å². The van der Waals surface area contributed by atoms with E-state index in [1.165, 1.54) is 22.8 Å². The molecule has 31 heavy (non-hydrogen) atoms. The van der Waals surface area contributed by atoms with E-state index in [0.717, 1.165) is 0 Å². The summed E-state index contributed by atoms with van der Waals surface area (Å²) in [5.41, 5.74) is 0. The first-order chi connectivity index (χ1) is 14.8. The third-order valence-electron chi connectivity index (χ3n) is 4.99. The van der Waals surface area contributed by atoms with Crippen molar-refractivity contribution < 1.29 is 13.2 Å². The first-order valence-electron chi connectivity index (χ1n) is 9.61. The number of piperazine rings is 1. The van der Waals surface area contributed by atoms with Gasteiger partial charge in [0.1, 0.15) is 17.9 Å². The van der Waals surface area contributed by atoms with Crippen LogP contribution in [-0.2, 0) is 10.0 Å². The summed E-state index contributed by atoms with van der Waals surface area (Å²) in [6.45, 7) is 3.17. The lowest BCUT2D eigenvalue weighted by molar-refractivity contribution is 0.305. The van der Waals surface area contributed by atoms with Crippen molar-refractivity contribution in [2.45, 2.75) is 17.9 Å². The van der Waals surface area contributed by atoms with E-state index in [-0.39, 0.29) is 10.9 Å². The molecule has 7 nitrogen and oxygen atoms in total. The Morgan fingerprint density at radius 2 is 1.77 bits per heavy atom. The van der Waals surface area contributed by atoms with Crippen LogP contribution in [0.1, 0.15) is 6.92 Å². The molecule has 4 rings (SSSR count). The van der Waals surface area contributed by atoms with E-state index in [9.17, 15) is 8.42 Å². The van der Waals surface area contributed by atoms with Crippen molar-refractivity contribution in [1.29, 1.82) is 0 Å². The molecule has 0 radical (unpaired) electrons. The highest BCUT2D eigenvalue weighted by Gasteiger charge is 2.34. The normalized spacial score (nSPS) is 17.5. The molecule has 0 amide bonds. The van der Waals surface area contributed by atoms with Gasteiger partial charge in [0.15, 0.2) is 0 Å². The molecule has 0 spiro atoms. The Morgan fingerprint density at radius 1 is 1.03 bits per heavy atom. The number of halogens is 2. The minimum Gasteiger partial charge on any atom is -0.437 e. The topological polar surface area (TPSA) is 75.6 Å². The second kappa shape index (κ2) is 9.00. The molecule has 1 atom stereocenters. The summed E-state index contributed by atoms with van der Waals surface area (Å²) < 4.78 is 33.4. The molecule has 1 aromatic heterocycles. The van der Waals surface area contributed by atoms with Gasteiger partial charge in [-0.05, 0) is 43.3 Å². The van der Waals surface area contributed by atoms with Crippen LogP contribution in [0, 0.1) is 0 Å². The zero-order valence-electron chi connectivity index (χ0n) is 16.6. The molecule has 0 aliphatic carbocycles. The minimum atomic E-state index is -3.61. The fraction of sp³-hybridized carbons (Fsp3) is 0.238. The summed E-state index contributed by atoms with van der Waals surface area (Å²) >= 11 is 12.0. The van der Waals surface area contributed by atoms with E-state index >= 15 is 0 Å². The molecular formula is C21H20Cl2N4O3S. The quantitative estimate of drug-likeness (QED) is 0.538. The number of hydrogen-bond donors (Lipinski definition) is 0. The first-order valence-corrected chi connectivity index (χ1v) is 11.8. The number of sulfonamides is 1. The number of benzene rings is 2. The number of rotatable bonds is 5. The highest BCUT2D eigenvalue weighted by Crippen LogP contribution is 2.30. The third kappa shape index (κ3) is 4.77. The molecular weight excluding hydrogens is 459 g/mol. The monoisotopic (exact) mass is 478 g/mol. The summed E-state index contributed by atoms with van der Waals surface area (Å²) in [4.78, 5) is 10.7. The van der Waals surface area contributed by atoms with Gasteiger partial charge >= 0.3 is 0 Å². The molecule has 1 unspecified atom stereocenters. The molecule has 2 heterocycles. The molecule has 0 N–H and O–H groups in total. The van der Waals surface area contributed by atoms with Crippen molar-refractivity contribution in [2.24, 2.45) is 0 Å². The molecule has 3 aromatic rings. The van der Waals surface area contributed by atoms with Gasteiger partial charge in [-0.15, -0.1) is 0 Å². The lowest BCUT2D eigenvalue weighted by Gasteiger charge is -2.39. The second-order valence-electron chi connectivity index (χ2n) is 7.11. The molecule has 0 bridgehead atoms. The average Bonchev–Trinajstić information content (AvgIpc) is 2.76. The average molecular weight is 479 g/mol. The lowest BCUT2D eigenvalue weighted by Crippen LogP contribution is -2.54. The maximum atomic E-state index is 13.0. The Balaban J connectivity index is 1.49. The van der Waals surface area contributed by atoms with Crippen molar-refractivity contribution in [3.63, 3.8) is 0 Å². The van der Waals surface area contributed by atoms with Gasteiger partial charge in [-0.3, -0.25) is 0 Å². The molecule has 1 saturated heterocycles. The van der Waals surface area contributed by atoms with Gasteiger partial charge in [0.05, 0.1) is 9.92 Å². The van der Waals surface area contributed by atoms with Gasteiger partial charge in [-0.1, -0.05) is 35.3 Å². The standard InChI is InChI=1S/C21H20Cl2N4O3S/c1-15-13-26(10-11-27(15)31(28,29)17-8-6-16(22)7-9-17)20-12-21(25-14-24-20)30-19-5-3-2-4-18(19)23/h2-9,12,14-15H,10-11,13H2,1H3. The predicted octanol–water partition coefficient (Wildman–Crippen LogP) is 4.48. The van der Waals surface area contributed by atoms with Crippen LogP contribution in [0.2, 0.25) is 10.0 Å². The Labute approximate surface area is 191 Å². The van der Waals surface area contributed by atoms with E-state index in [1.807, 2.05) is 24.0 Å². The van der Waals surface area contributed by atoms with E-state index < -0.39 is 10.0 Å². The van der Waals surface area contributed by atoms with Crippen LogP contribution in [0.15, 0.2) is 65.8 Å². The first kappa shape index (κ1) is 21.8. The van der Waals surface area contributed by atoms with E-state index in [0.29, 0.717) is 47.1 Å². The van der Waals surface area contributed by atoms with Gasteiger partial charge in [0, 0.05) is 36.8 Å². The lowest BCUT2D eigenvalue weighted by atomic mass is 10.2. The Kier molecular flexibility index (Phi) is 6.34. The zero-order chi connectivity index (χ0) is 22.0. The fourth-order valence-corrected chi connectivity index (χ4v) is 5.36. The Hall–Kier alpha value is -2.39. The molecule has 0 saturated carbocycles. The third-order valence-corrected chi connectivity index (χ3v) is 7.58. The number of ether oxygens (including phenoxy) is 1. The smallest absolute Gasteiger partial charge is 0.243 e. The molecule has 1 fully saturated rings. The van der Waals surface area contributed by atoms with Gasteiger partial charge in [0.25, 0.3) is 0 Å². The minimum absolute atomic E-state index is 0.231. The molecule has 2 aromatic carbocycles. The Morgan fingerprint density at radius 3 is 2.48 bits per heavy atom. The maximum Gasteiger partial charge on any atom is 0.243 e. The molecule has 1 aliphatic rings. The Bertz CT molecular complexity index is 1180. The summed E-state index contributed by atoms with van der Waals surface area (Å²) in [6.07, 6.45) is 1.42. The van der Waals surface area contributed by atoms with Crippen LogP contribution in [0.3, 0.4) is 0 Å². The second-order valence-corrected chi connectivity index (χ2v) is 9.85. The van der Waals surface area contributed by atoms with Gasteiger partial charge in [0.2, 0.25) is 15.9 Å². The number of hydrogen-bond acceptors (Lipinski definition) is 6. The summed E-state index contributed by atoms with van der Waals surface area (Å²) in [5.74, 6) is 1.52. The van der Waals surface area contributed by atoms with E-state index in [1.54, 1.807) is 30.3 Å². The van der Waals surface area contributed by atoms with Crippen molar-refractivity contribution in [2.75, 3.05) is 24.5 Å². The highest BCUT2D eigenvalue weighted by atomic mass is 35.5. The van der Waals surface area contributed by atoms with Crippen LogP contribution < -0.4 is 9.64 Å². The van der Waals surface area contributed by atoms with Crippen LogP contribution in [-0.4, -0.2) is 48.4 Å². The van der Waals surface area contributed by atoms with Crippen LogP contribution >= 0.6 is 23.2 Å². The molecule has 1 aliphatic heterocycles. The molecule has 10 heteroatoms. The van der Waals surface area contributed by atoms with Crippen molar-refractivity contribution in [3.05, 3.63) is 71.0 Å². The van der Waals surface area contributed by atoms with Gasteiger partial charge in [-0.2, -0.15) is 4.31 Å². The number of aromatic nitrogens is 2. The van der Waals surface area contributed by atoms with Gasteiger partial charge in [-0.25, -0.2) is 18.4 Å². The molecule has 162 valence electrons. The summed E-state index contributed by atoms with van der Waals surface area (Å²) in [5, 5.41) is 0.979. The zero-order valence-corrected chi connectivity index (χ0v) is 19.0. The van der Waals surface area contributed by atoms with Crippen LogP contribution in [0.25, 0.3) is 0 Å². The van der Waals surface area contributed by atoms with Gasteiger partial charge < -0.3 is 9.64 Å². The van der Waals surface area contributed by atoms with E-state index in [4.69, 9.17) is 27.9 Å². The van der Waals surface area contributed by atoms with E-state index in [2.05, 4.69) is 9.97 Å².